The Bertz CT molecular complexity index is 1200. The number of hydrogen-bond acceptors (Lipinski definition) is 8. The molecule has 1 amide bonds. The first-order valence-electron chi connectivity index (χ1n) is 11.1. The third-order valence-corrected chi connectivity index (χ3v) is 4.55. The molecular formula is C25H27N3O7. The lowest BCUT2D eigenvalue weighted by Crippen LogP contribution is -2.28. The first kappa shape index (κ1) is 25.3. The van der Waals surface area contributed by atoms with E-state index in [-0.39, 0.29) is 18.8 Å². The minimum atomic E-state index is -0.834. The Balaban J connectivity index is 1.54. The molecule has 3 rings (SSSR count). The zero-order valence-electron chi connectivity index (χ0n) is 19.6. The first-order valence-corrected chi connectivity index (χ1v) is 11.1. The van der Waals surface area contributed by atoms with E-state index < -0.39 is 24.0 Å². The summed E-state index contributed by atoms with van der Waals surface area (Å²) < 4.78 is 22.8. The van der Waals surface area contributed by atoms with Crippen molar-refractivity contribution in [1.29, 1.82) is 0 Å². The van der Waals surface area contributed by atoms with Crippen molar-refractivity contribution in [2.75, 3.05) is 31.7 Å². The molecule has 0 aliphatic carbocycles. The number of hydrogen-bond donors (Lipinski definition) is 1. The largest absolute Gasteiger partial charge is 0.492 e. The lowest BCUT2D eigenvalue weighted by Gasteiger charge is -2.13. The summed E-state index contributed by atoms with van der Waals surface area (Å²) in [6.07, 6.45) is 0. The topological polar surface area (TPSA) is 118 Å². The van der Waals surface area contributed by atoms with E-state index in [1.807, 2.05) is 32.0 Å². The molecule has 10 nitrogen and oxygen atoms in total. The van der Waals surface area contributed by atoms with Crippen LogP contribution in [-0.2, 0) is 16.1 Å². The van der Waals surface area contributed by atoms with Crippen molar-refractivity contribution in [2.24, 2.45) is 0 Å². The van der Waals surface area contributed by atoms with E-state index in [4.69, 9.17) is 18.9 Å². The zero-order chi connectivity index (χ0) is 25.0. The number of esters is 1. The monoisotopic (exact) mass is 481 g/mol. The van der Waals surface area contributed by atoms with Crippen LogP contribution in [0.2, 0.25) is 0 Å². The summed E-state index contributed by atoms with van der Waals surface area (Å²) in [4.78, 5) is 36.7. The average molecular weight is 482 g/mol. The van der Waals surface area contributed by atoms with Gasteiger partial charge in [0.1, 0.15) is 12.4 Å². The van der Waals surface area contributed by atoms with Crippen LogP contribution < -0.4 is 25.1 Å². The maximum Gasteiger partial charge on any atom is 0.359 e. The summed E-state index contributed by atoms with van der Waals surface area (Å²) in [5, 5.41) is 6.65. The van der Waals surface area contributed by atoms with Gasteiger partial charge in [0.05, 0.1) is 19.8 Å². The summed E-state index contributed by atoms with van der Waals surface area (Å²) in [6, 6.07) is 16.5. The van der Waals surface area contributed by atoms with Gasteiger partial charge in [-0.05, 0) is 44.2 Å². The number of anilines is 1. The molecule has 3 aromatic rings. The molecule has 0 aliphatic rings. The van der Waals surface area contributed by atoms with Crippen molar-refractivity contribution in [2.45, 2.75) is 20.4 Å². The Hall–Kier alpha value is -4.34. The van der Waals surface area contributed by atoms with Crippen LogP contribution in [0.25, 0.3) is 0 Å². The fourth-order valence-corrected chi connectivity index (χ4v) is 3.02. The van der Waals surface area contributed by atoms with Crippen molar-refractivity contribution in [3.05, 3.63) is 76.7 Å². The first-order chi connectivity index (χ1) is 17.0. The number of benzene rings is 2. The smallest absolute Gasteiger partial charge is 0.359 e. The van der Waals surface area contributed by atoms with Crippen LogP contribution in [0.4, 0.5) is 5.69 Å². The molecule has 0 spiro atoms. The van der Waals surface area contributed by atoms with Gasteiger partial charge in [-0.1, -0.05) is 18.2 Å². The molecule has 0 fully saturated rings. The van der Waals surface area contributed by atoms with E-state index in [0.29, 0.717) is 36.1 Å². The number of para-hydroxylation sites is 1. The van der Waals surface area contributed by atoms with Gasteiger partial charge in [0, 0.05) is 17.8 Å². The summed E-state index contributed by atoms with van der Waals surface area (Å²) in [6.45, 7) is 4.39. The molecule has 10 heteroatoms. The van der Waals surface area contributed by atoms with Crippen LogP contribution >= 0.6 is 0 Å². The van der Waals surface area contributed by atoms with Gasteiger partial charge in [-0.3, -0.25) is 9.59 Å². The Morgan fingerprint density at radius 3 is 2.40 bits per heavy atom. The number of nitrogens with one attached hydrogen (secondary N) is 1. The van der Waals surface area contributed by atoms with Crippen LogP contribution in [0.15, 0.2) is 65.5 Å². The standard InChI is InChI=1S/C25H27N3O7/c1-3-32-21-12-10-18(16-22(21)33-4-2)26-23(29)17-35-25(31)20-11-13-24(30)28(27-20)14-15-34-19-8-6-5-7-9-19/h5-13,16H,3-4,14-15,17H2,1-2H3,(H,26,29). The van der Waals surface area contributed by atoms with Crippen LogP contribution in [0, 0.1) is 0 Å². The quantitative estimate of drug-likeness (QED) is 0.393. The molecule has 0 saturated heterocycles. The van der Waals surface area contributed by atoms with Crippen LogP contribution in [-0.4, -0.2) is 48.1 Å². The van der Waals surface area contributed by atoms with Crippen LogP contribution in [0.3, 0.4) is 0 Å². The lowest BCUT2D eigenvalue weighted by atomic mass is 10.2. The van der Waals surface area contributed by atoms with Gasteiger partial charge in [0.25, 0.3) is 11.5 Å². The Kier molecular flexibility index (Phi) is 9.23. The fourth-order valence-electron chi connectivity index (χ4n) is 3.02. The highest BCUT2D eigenvalue weighted by Gasteiger charge is 2.15. The highest BCUT2D eigenvalue weighted by Crippen LogP contribution is 2.30. The summed E-state index contributed by atoms with van der Waals surface area (Å²) in [5.74, 6) is 0.332. The number of aromatic nitrogens is 2. The van der Waals surface area contributed by atoms with E-state index in [1.54, 1.807) is 30.3 Å². The minimum Gasteiger partial charge on any atom is -0.492 e. The molecular weight excluding hydrogens is 454 g/mol. The third kappa shape index (κ3) is 7.60. The Labute approximate surface area is 202 Å². The highest BCUT2D eigenvalue weighted by molar-refractivity contribution is 5.95. The Morgan fingerprint density at radius 1 is 0.914 bits per heavy atom. The van der Waals surface area contributed by atoms with Gasteiger partial charge >= 0.3 is 5.97 Å². The number of rotatable bonds is 12. The summed E-state index contributed by atoms with van der Waals surface area (Å²) in [7, 11) is 0. The maximum absolute atomic E-state index is 12.4. The van der Waals surface area contributed by atoms with Gasteiger partial charge < -0.3 is 24.3 Å². The van der Waals surface area contributed by atoms with Crippen molar-refractivity contribution in [1.82, 2.24) is 9.78 Å². The molecule has 0 saturated carbocycles. The summed E-state index contributed by atoms with van der Waals surface area (Å²) >= 11 is 0. The second-order valence-electron chi connectivity index (χ2n) is 7.09. The molecule has 0 unspecified atom stereocenters. The van der Waals surface area contributed by atoms with Crippen LogP contribution in [0.5, 0.6) is 17.2 Å². The van der Waals surface area contributed by atoms with Crippen molar-refractivity contribution in [3.8, 4) is 17.2 Å². The van der Waals surface area contributed by atoms with Gasteiger partial charge in [0.15, 0.2) is 23.8 Å². The number of ether oxygens (including phenoxy) is 4. The number of carbonyl (C=O) groups is 2. The van der Waals surface area contributed by atoms with E-state index in [1.165, 1.54) is 12.1 Å². The van der Waals surface area contributed by atoms with Gasteiger partial charge in [-0.2, -0.15) is 5.10 Å². The predicted molar refractivity (Wildman–Crippen MR) is 128 cm³/mol. The van der Waals surface area contributed by atoms with Gasteiger partial charge in [-0.15, -0.1) is 0 Å². The minimum absolute atomic E-state index is 0.100. The van der Waals surface area contributed by atoms with E-state index >= 15 is 0 Å². The SMILES string of the molecule is CCOc1ccc(NC(=O)COC(=O)c2ccc(=O)n(CCOc3ccccc3)n2)cc1OCC. The zero-order valence-corrected chi connectivity index (χ0v) is 19.6. The Morgan fingerprint density at radius 2 is 1.66 bits per heavy atom. The number of nitrogens with zero attached hydrogens (tertiary/aromatic N) is 2. The van der Waals surface area contributed by atoms with Crippen molar-refractivity contribution in [3.63, 3.8) is 0 Å². The molecule has 1 aromatic heterocycles. The molecule has 0 radical (unpaired) electrons. The molecule has 2 aromatic carbocycles. The molecule has 184 valence electrons. The molecule has 35 heavy (non-hydrogen) atoms. The lowest BCUT2D eigenvalue weighted by molar-refractivity contribution is -0.119. The van der Waals surface area contributed by atoms with E-state index in [2.05, 4.69) is 10.4 Å². The summed E-state index contributed by atoms with van der Waals surface area (Å²) in [5.41, 5.74) is -0.0311. The molecule has 0 bridgehead atoms. The van der Waals surface area contributed by atoms with Gasteiger partial charge in [-0.25, -0.2) is 9.48 Å². The second kappa shape index (κ2) is 12.8. The predicted octanol–water partition coefficient (Wildman–Crippen LogP) is 2.92. The number of carbonyl (C=O) groups excluding carboxylic acids is 2. The highest BCUT2D eigenvalue weighted by atomic mass is 16.5. The van der Waals surface area contributed by atoms with E-state index in [9.17, 15) is 14.4 Å². The van der Waals surface area contributed by atoms with Crippen molar-refractivity contribution >= 4 is 17.6 Å². The maximum atomic E-state index is 12.4. The molecule has 0 atom stereocenters. The normalized spacial score (nSPS) is 10.3. The average Bonchev–Trinajstić information content (AvgIpc) is 2.86. The molecule has 1 heterocycles. The third-order valence-electron chi connectivity index (χ3n) is 4.55. The van der Waals surface area contributed by atoms with Crippen LogP contribution in [0.1, 0.15) is 24.3 Å². The van der Waals surface area contributed by atoms with Crippen molar-refractivity contribution < 1.29 is 28.5 Å². The van der Waals surface area contributed by atoms with Gasteiger partial charge in [0.2, 0.25) is 0 Å². The fraction of sp³-hybridized carbons (Fsp3) is 0.280. The molecule has 1 N–H and O–H groups in total. The molecule has 0 aliphatic heterocycles. The number of amides is 1. The van der Waals surface area contributed by atoms with E-state index in [0.717, 1.165) is 4.68 Å². The second-order valence-corrected chi connectivity index (χ2v) is 7.09.